The monoisotopic (exact) mass is 286 g/mol. The molecule has 0 radical (unpaired) electrons. The van der Waals surface area contributed by atoms with E-state index in [0.29, 0.717) is 11.6 Å². The summed E-state index contributed by atoms with van der Waals surface area (Å²) in [5.41, 5.74) is 5.81. The summed E-state index contributed by atoms with van der Waals surface area (Å²) < 4.78 is 39.4. The molecule has 1 heterocycles. The van der Waals surface area contributed by atoms with E-state index in [1.807, 2.05) is 0 Å². The molecule has 0 aliphatic carbocycles. The minimum absolute atomic E-state index is 0.225. The number of halogens is 3. The van der Waals surface area contributed by atoms with Crippen LogP contribution in [-0.4, -0.2) is 19.6 Å². The molecule has 0 bridgehead atoms. The molecule has 20 heavy (non-hydrogen) atoms. The number of nitrogens with two attached hydrogens (primary N) is 1. The van der Waals surface area contributed by atoms with Gasteiger partial charge in [0.25, 0.3) is 0 Å². The zero-order valence-corrected chi connectivity index (χ0v) is 11.7. The minimum atomic E-state index is -4.32. The Morgan fingerprint density at radius 1 is 1.35 bits per heavy atom. The number of nitrogens with zero attached hydrogens (tertiary/aromatic N) is 1. The Labute approximate surface area is 117 Å². The quantitative estimate of drug-likeness (QED) is 0.922. The third kappa shape index (κ3) is 3.45. The molecule has 112 valence electrons. The Hall–Kier alpha value is -1.23. The van der Waals surface area contributed by atoms with Crippen LogP contribution in [0.2, 0.25) is 0 Å². The first-order chi connectivity index (χ1) is 9.41. The van der Waals surface area contributed by atoms with Crippen molar-refractivity contribution < 1.29 is 13.2 Å². The molecule has 1 aliphatic rings. The Morgan fingerprint density at radius 3 is 2.70 bits per heavy atom. The van der Waals surface area contributed by atoms with Crippen molar-refractivity contribution in [3.8, 4) is 0 Å². The minimum Gasteiger partial charge on any atom is -0.371 e. The second kappa shape index (κ2) is 6.04. The second-order valence-electron chi connectivity index (χ2n) is 5.57. The first-order valence-electron chi connectivity index (χ1n) is 7.07. The number of hydrogen-bond donors (Lipinski definition) is 1. The molecule has 1 aromatic carbocycles. The lowest BCUT2D eigenvalue weighted by molar-refractivity contribution is -0.138. The van der Waals surface area contributed by atoms with Gasteiger partial charge >= 0.3 is 6.18 Å². The summed E-state index contributed by atoms with van der Waals surface area (Å²) in [7, 11) is 0. The summed E-state index contributed by atoms with van der Waals surface area (Å²) in [5, 5.41) is 0. The van der Waals surface area contributed by atoms with Crippen LogP contribution in [0.5, 0.6) is 0 Å². The molecule has 1 aromatic rings. The Morgan fingerprint density at radius 2 is 2.10 bits per heavy atom. The van der Waals surface area contributed by atoms with Crippen LogP contribution < -0.4 is 10.6 Å². The van der Waals surface area contributed by atoms with Gasteiger partial charge in [-0.25, -0.2) is 0 Å². The standard InChI is InChI=1S/C15H21F3N2/c1-11-3-2-8-20(10-11)13-5-4-12(6-7-19)14(9-13)15(16,17)18/h4-5,9,11H,2-3,6-8,10,19H2,1H3. The molecular weight excluding hydrogens is 265 g/mol. The van der Waals surface area contributed by atoms with Crippen LogP contribution >= 0.6 is 0 Å². The van der Waals surface area contributed by atoms with Gasteiger partial charge in [0.05, 0.1) is 5.56 Å². The third-order valence-corrected chi connectivity index (χ3v) is 3.83. The van der Waals surface area contributed by atoms with E-state index in [-0.39, 0.29) is 18.5 Å². The lowest BCUT2D eigenvalue weighted by Gasteiger charge is -2.33. The van der Waals surface area contributed by atoms with Gasteiger partial charge in [-0.2, -0.15) is 13.2 Å². The number of piperidine rings is 1. The van der Waals surface area contributed by atoms with Crippen LogP contribution in [0.3, 0.4) is 0 Å². The molecule has 1 aliphatic heterocycles. The molecule has 1 fully saturated rings. The first kappa shape index (κ1) is 15.2. The number of anilines is 1. The van der Waals surface area contributed by atoms with E-state index in [0.717, 1.165) is 25.9 Å². The summed E-state index contributed by atoms with van der Waals surface area (Å²) in [4.78, 5) is 2.05. The van der Waals surface area contributed by atoms with Crippen molar-refractivity contribution in [3.63, 3.8) is 0 Å². The second-order valence-corrected chi connectivity index (χ2v) is 5.57. The van der Waals surface area contributed by atoms with E-state index in [4.69, 9.17) is 5.73 Å². The van der Waals surface area contributed by atoms with Crippen molar-refractivity contribution in [2.75, 3.05) is 24.5 Å². The fourth-order valence-electron chi connectivity index (χ4n) is 2.82. The summed E-state index contributed by atoms with van der Waals surface area (Å²) in [6.07, 6.45) is -1.88. The molecule has 1 atom stereocenters. The first-order valence-corrected chi connectivity index (χ1v) is 7.07. The average molecular weight is 286 g/mol. The molecule has 0 saturated carbocycles. The molecule has 2 rings (SSSR count). The van der Waals surface area contributed by atoms with Gasteiger partial charge in [-0.1, -0.05) is 13.0 Å². The molecule has 1 saturated heterocycles. The van der Waals surface area contributed by atoms with Gasteiger partial charge in [-0.3, -0.25) is 0 Å². The van der Waals surface area contributed by atoms with Crippen LogP contribution in [0.15, 0.2) is 18.2 Å². The van der Waals surface area contributed by atoms with Crippen molar-refractivity contribution in [1.29, 1.82) is 0 Å². The fourth-order valence-corrected chi connectivity index (χ4v) is 2.82. The zero-order chi connectivity index (χ0) is 14.8. The summed E-state index contributed by atoms with van der Waals surface area (Å²) >= 11 is 0. The SMILES string of the molecule is CC1CCCN(c2ccc(CCN)c(C(F)(F)F)c2)C1. The van der Waals surface area contributed by atoms with E-state index < -0.39 is 11.7 Å². The molecule has 2 N–H and O–H groups in total. The highest BCUT2D eigenvalue weighted by Crippen LogP contribution is 2.35. The highest BCUT2D eigenvalue weighted by molar-refractivity contribution is 5.52. The molecule has 0 aromatic heterocycles. The van der Waals surface area contributed by atoms with Crippen LogP contribution in [0.4, 0.5) is 18.9 Å². The topological polar surface area (TPSA) is 29.3 Å². The van der Waals surface area contributed by atoms with E-state index in [1.165, 1.54) is 6.07 Å². The lowest BCUT2D eigenvalue weighted by Crippen LogP contribution is -2.34. The van der Waals surface area contributed by atoms with Crippen molar-refractivity contribution in [2.45, 2.75) is 32.4 Å². The predicted molar refractivity (Wildman–Crippen MR) is 74.8 cm³/mol. The number of benzene rings is 1. The van der Waals surface area contributed by atoms with Gasteiger partial charge in [0.1, 0.15) is 0 Å². The maximum atomic E-state index is 13.1. The molecule has 5 heteroatoms. The largest absolute Gasteiger partial charge is 0.416 e. The van der Waals surface area contributed by atoms with Crippen LogP contribution in [0, 0.1) is 5.92 Å². The van der Waals surface area contributed by atoms with E-state index >= 15 is 0 Å². The number of hydrogen-bond acceptors (Lipinski definition) is 2. The summed E-state index contributed by atoms with van der Waals surface area (Å²) in [6.45, 7) is 4.02. The van der Waals surface area contributed by atoms with Crippen molar-refractivity contribution >= 4 is 5.69 Å². The highest BCUT2D eigenvalue weighted by atomic mass is 19.4. The Bertz CT molecular complexity index is 457. The average Bonchev–Trinajstić information content (AvgIpc) is 2.38. The molecule has 0 spiro atoms. The van der Waals surface area contributed by atoms with Gasteiger partial charge in [-0.05, 0) is 49.4 Å². The van der Waals surface area contributed by atoms with Gasteiger partial charge in [0.15, 0.2) is 0 Å². The fraction of sp³-hybridized carbons (Fsp3) is 0.600. The summed E-state index contributed by atoms with van der Waals surface area (Å²) in [5.74, 6) is 0.529. The van der Waals surface area contributed by atoms with Crippen LogP contribution in [0.25, 0.3) is 0 Å². The normalized spacial score (nSPS) is 20.2. The van der Waals surface area contributed by atoms with E-state index in [1.54, 1.807) is 12.1 Å². The molecule has 1 unspecified atom stereocenters. The maximum absolute atomic E-state index is 13.1. The number of rotatable bonds is 3. The van der Waals surface area contributed by atoms with Crippen molar-refractivity contribution in [3.05, 3.63) is 29.3 Å². The van der Waals surface area contributed by atoms with Gasteiger partial charge in [0.2, 0.25) is 0 Å². The predicted octanol–water partition coefficient (Wildman–Crippen LogP) is 3.44. The van der Waals surface area contributed by atoms with E-state index in [9.17, 15) is 13.2 Å². The van der Waals surface area contributed by atoms with Gasteiger partial charge in [-0.15, -0.1) is 0 Å². The lowest BCUT2D eigenvalue weighted by atomic mass is 9.98. The van der Waals surface area contributed by atoms with Crippen LogP contribution in [0.1, 0.15) is 30.9 Å². The smallest absolute Gasteiger partial charge is 0.371 e. The molecule has 0 amide bonds. The van der Waals surface area contributed by atoms with E-state index in [2.05, 4.69) is 11.8 Å². The summed E-state index contributed by atoms with van der Waals surface area (Å²) in [6, 6.07) is 4.64. The Balaban J connectivity index is 2.31. The highest BCUT2D eigenvalue weighted by Gasteiger charge is 2.34. The number of alkyl halides is 3. The molecular formula is C15H21F3N2. The third-order valence-electron chi connectivity index (χ3n) is 3.83. The van der Waals surface area contributed by atoms with Crippen LogP contribution in [-0.2, 0) is 12.6 Å². The maximum Gasteiger partial charge on any atom is 0.416 e. The van der Waals surface area contributed by atoms with Crippen molar-refractivity contribution in [1.82, 2.24) is 0 Å². The Kier molecular flexibility index (Phi) is 4.58. The van der Waals surface area contributed by atoms with Gasteiger partial charge in [0, 0.05) is 18.8 Å². The van der Waals surface area contributed by atoms with Crippen molar-refractivity contribution in [2.24, 2.45) is 11.7 Å². The zero-order valence-electron chi connectivity index (χ0n) is 11.7. The molecule has 2 nitrogen and oxygen atoms in total. The van der Waals surface area contributed by atoms with Gasteiger partial charge < -0.3 is 10.6 Å².